The molecule has 0 aromatic heterocycles. The van der Waals surface area contributed by atoms with Crippen LogP contribution < -0.4 is 10.6 Å². The third-order valence-electron chi connectivity index (χ3n) is 5.68. The molecule has 7 heteroatoms. The number of halogens is 1. The number of likely N-dealkylation sites (N-methyl/N-ethyl adjacent to an activating group) is 2. The van der Waals surface area contributed by atoms with Crippen molar-refractivity contribution in [3.05, 3.63) is 0 Å². The summed E-state index contributed by atoms with van der Waals surface area (Å²) in [6.45, 7) is 17.1. The van der Waals surface area contributed by atoms with Crippen LogP contribution in [0.5, 0.6) is 0 Å². The van der Waals surface area contributed by atoms with E-state index in [4.69, 9.17) is 0 Å². The van der Waals surface area contributed by atoms with Crippen molar-refractivity contribution in [1.82, 2.24) is 25.3 Å². The van der Waals surface area contributed by atoms with Crippen molar-refractivity contribution in [2.45, 2.75) is 45.7 Å². The minimum Gasteiger partial charge on any atom is -0.355 e. The molecule has 2 unspecified atom stereocenters. The van der Waals surface area contributed by atoms with E-state index in [0.29, 0.717) is 12.1 Å². The number of nitrogens with one attached hydrogen (secondary N) is 2. The Hall–Kier alpha value is -0.120. The molecule has 0 aromatic carbocycles. The Balaban J connectivity index is 0.00000312. The van der Waals surface area contributed by atoms with E-state index in [1.807, 2.05) is 7.05 Å². The van der Waals surface area contributed by atoms with Gasteiger partial charge in [0.2, 0.25) is 0 Å². The molecule has 0 spiro atoms. The number of hydrogen-bond donors (Lipinski definition) is 2. The van der Waals surface area contributed by atoms with Crippen LogP contribution in [-0.2, 0) is 0 Å². The second kappa shape index (κ2) is 12.3. The molecule has 6 nitrogen and oxygen atoms in total. The van der Waals surface area contributed by atoms with E-state index in [-0.39, 0.29) is 24.0 Å². The molecule has 0 bridgehead atoms. The van der Waals surface area contributed by atoms with Crippen LogP contribution in [0.25, 0.3) is 0 Å². The molecule has 148 valence electrons. The molecular formula is C18H39IN6. The van der Waals surface area contributed by atoms with Crippen LogP contribution in [0, 0.1) is 0 Å². The van der Waals surface area contributed by atoms with Gasteiger partial charge < -0.3 is 15.5 Å². The molecule has 2 N–H and O–H groups in total. The Morgan fingerprint density at radius 3 is 2.40 bits per heavy atom. The van der Waals surface area contributed by atoms with Gasteiger partial charge in [-0.2, -0.15) is 0 Å². The summed E-state index contributed by atoms with van der Waals surface area (Å²) in [4.78, 5) is 12.1. The second-order valence-electron chi connectivity index (χ2n) is 7.08. The highest BCUT2D eigenvalue weighted by atomic mass is 127. The highest BCUT2D eigenvalue weighted by Crippen LogP contribution is 2.15. The molecular weight excluding hydrogens is 427 g/mol. The zero-order valence-electron chi connectivity index (χ0n) is 16.6. The van der Waals surface area contributed by atoms with Gasteiger partial charge in [0, 0.05) is 58.4 Å². The Bertz CT molecular complexity index is 384. The standard InChI is InChI=1S/C18H38N6.HI/c1-5-22-10-12-24(13-11-22)16(3)14-20-18(19-4)21-15-17-8-7-9-23(17)6-2;/h16-17H,5-15H2,1-4H3,(H2,19,20,21);1H. The van der Waals surface area contributed by atoms with Crippen LogP contribution in [0.15, 0.2) is 4.99 Å². The minimum absolute atomic E-state index is 0. The van der Waals surface area contributed by atoms with E-state index in [1.165, 1.54) is 52.1 Å². The maximum atomic E-state index is 4.39. The lowest BCUT2D eigenvalue weighted by atomic mass is 10.2. The smallest absolute Gasteiger partial charge is 0.191 e. The van der Waals surface area contributed by atoms with Gasteiger partial charge >= 0.3 is 0 Å². The van der Waals surface area contributed by atoms with Crippen molar-refractivity contribution in [3.8, 4) is 0 Å². The highest BCUT2D eigenvalue weighted by Gasteiger charge is 2.23. The zero-order chi connectivity index (χ0) is 17.4. The van der Waals surface area contributed by atoms with Crippen molar-refractivity contribution >= 4 is 29.9 Å². The van der Waals surface area contributed by atoms with Gasteiger partial charge in [0.15, 0.2) is 5.96 Å². The number of piperazine rings is 1. The quantitative estimate of drug-likeness (QED) is 0.336. The van der Waals surface area contributed by atoms with Crippen molar-refractivity contribution in [1.29, 1.82) is 0 Å². The zero-order valence-corrected chi connectivity index (χ0v) is 19.0. The predicted molar refractivity (Wildman–Crippen MR) is 118 cm³/mol. The lowest BCUT2D eigenvalue weighted by Gasteiger charge is -2.37. The van der Waals surface area contributed by atoms with Gasteiger partial charge in [-0.05, 0) is 39.4 Å². The van der Waals surface area contributed by atoms with E-state index in [2.05, 4.69) is 51.1 Å². The van der Waals surface area contributed by atoms with Crippen molar-refractivity contribution in [2.75, 3.05) is 66.0 Å². The van der Waals surface area contributed by atoms with Gasteiger partial charge in [0.1, 0.15) is 0 Å². The van der Waals surface area contributed by atoms with Gasteiger partial charge in [0.25, 0.3) is 0 Å². The summed E-state index contributed by atoms with van der Waals surface area (Å²) < 4.78 is 0. The fourth-order valence-electron chi connectivity index (χ4n) is 3.87. The van der Waals surface area contributed by atoms with Crippen LogP contribution in [-0.4, -0.2) is 98.7 Å². The summed E-state index contributed by atoms with van der Waals surface area (Å²) in [5.41, 5.74) is 0. The van der Waals surface area contributed by atoms with Crippen molar-refractivity contribution < 1.29 is 0 Å². The lowest BCUT2D eigenvalue weighted by Crippen LogP contribution is -2.53. The second-order valence-corrected chi connectivity index (χ2v) is 7.08. The molecule has 0 amide bonds. The Morgan fingerprint density at radius 2 is 1.80 bits per heavy atom. The van der Waals surface area contributed by atoms with Crippen LogP contribution in [0.3, 0.4) is 0 Å². The summed E-state index contributed by atoms with van der Waals surface area (Å²) >= 11 is 0. The highest BCUT2D eigenvalue weighted by molar-refractivity contribution is 14.0. The van der Waals surface area contributed by atoms with E-state index < -0.39 is 0 Å². The van der Waals surface area contributed by atoms with Crippen molar-refractivity contribution in [2.24, 2.45) is 4.99 Å². The van der Waals surface area contributed by atoms with Crippen LogP contribution >= 0.6 is 24.0 Å². The molecule has 2 atom stereocenters. The van der Waals surface area contributed by atoms with Gasteiger partial charge in [-0.3, -0.25) is 14.8 Å². The molecule has 2 fully saturated rings. The summed E-state index contributed by atoms with van der Waals surface area (Å²) in [5, 5.41) is 7.03. The Kier molecular flexibility index (Phi) is 11.3. The van der Waals surface area contributed by atoms with E-state index >= 15 is 0 Å². The SMILES string of the molecule is CCN1CCN(C(C)CNC(=NC)NCC2CCCN2CC)CC1.I. The first-order chi connectivity index (χ1) is 11.7. The summed E-state index contributed by atoms with van der Waals surface area (Å²) in [6, 6.07) is 1.20. The number of likely N-dealkylation sites (tertiary alicyclic amines) is 1. The molecule has 0 aromatic rings. The summed E-state index contributed by atoms with van der Waals surface area (Å²) in [7, 11) is 1.87. The van der Waals surface area contributed by atoms with Gasteiger partial charge in [0.05, 0.1) is 0 Å². The molecule has 2 rings (SSSR count). The molecule has 2 aliphatic rings. The third-order valence-corrected chi connectivity index (χ3v) is 5.68. The lowest BCUT2D eigenvalue weighted by molar-refractivity contribution is 0.107. The van der Waals surface area contributed by atoms with Crippen LogP contribution in [0.1, 0.15) is 33.6 Å². The van der Waals surface area contributed by atoms with Crippen molar-refractivity contribution in [3.63, 3.8) is 0 Å². The fraction of sp³-hybridized carbons (Fsp3) is 0.944. The first kappa shape index (κ1) is 22.9. The monoisotopic (exact) mass is 466 g/mol. The largest absolute Gasteiger partial charge is 0.355 e. The molecule has 25 heavy (non-hydrogen) atoms. The molecule has 2 aliphatic heterocycles. The molecule has 2 saturated heterocycles. The number of hydrogen-bond acceptors (Lipinski definition) is 4. The number of nitrogens with zero attached hydrogens (tertiary/aromatic N) is 4. The van der Waals surface area contributed by atoms with Gasteiger partial charge in [-0.25, -0.2) is 0 Å². The maximum absolute atomic E-state index is 4.39. The average Bonchev–Trinajstić information content (AvgIpc) is 3.09. The van der Waals surface area contributed by atoms with E-state index in [9.17, 15) is 0 Å². The normalized spacial score (nSPS) is 24.8. The molecule has 2 heterocycles. The van der Waals surface area contributed by atoms with Crippen LogP contribution in [0.2, 0.25) is 0 Å². The Morgan fingerprint density at radius 1 is 1.08 bits per heavy atom. The molecule has 0 aliphatic carbocycles. The first-order valence-corrected chi connectivity index (χ1v) is 9.82. The molecule has 0 saturated carbocycles. The third kappa shape index (κ3) is 7.19. The van der Waals surface area contributed by atoms with E-state index in [1.54, 1.807) is 0 Å². The number of guanidine groups is 1. The molecule has 0 radical (unpaired) electrons. The van der Waals surface area contributed by atoms with Gasteiger partial charge in [-0.1, -0.05) is 13.8 Å². The Labute approximate surface area is 171 Å². The maximum Gasteiger partial charge on any atom is 0.191 e. The van der Waals surface area contributed by atoms with Crippen LogP contribution in [0.4, 0.5) is 0 Å². The first-order valence-electron chi connectivity index (χ1n) is 9.82. The fourth-order valence-corrected chi connectivity index (χ4v) is 3.87. The summed E-state index contributed by atoms with van der Waals surface area (Å²) in [6.07, 6.45) is 2.63. The van der Waals surface area contributed by atoms with E-state index in [0.717, 1.165) is 25.6 Å². The summed E-state index contributed by atoms with van der Waals surface area (Å²) in [5.74, 6) is 0.942. The number of aliphatic imine (C=N–C) groups is 1. The minimum atomic E-state index is 0. The predicted octanol–water partition coefficient (Wildman–Crippen LogP) is 1.28. The topological polar surface area (TPSA) is 46.1 Å². The van der Waals surface area contributed by atoms with Gasteiger partial charge in [-0.15, -0.1) is 24.0 Å². The number of rotatable bonds is 7. The average molecular weight is 466 g/mol.